The Morgan fingerprint density at radius 3 is 2.50 bits per heavy atom. The smallest absolute Gasteiger partial charge is 0.319 e. The number of ether oxygens (including phenoxy) is 1. The lowest BCUT2D eigenvalue weighted by molar-refractivity contribution is -0.119. The average Bonchev–Trinajstić information content (AvgIpc) is 2.85. The highest BCUT2D eigenvalue weighted by Gasteiger charge is 2.25. The second-order valence-electron chi connectivity index (χ2n) is 7.28. The summed E-state index contributed by atoms with van der Waals surface area (Å²) in [5.74, 6) is 1.56. The van der Waals surface area contributed by atoms with Crippen LogP contribution in [0, 0.1) is 0 Å². The molecule has 9 heteroatoms. The fourth-order valence-electron chi connectivity index (χ4n) is 3.73. The Hall–Kier alpha value is -3.20. The van der Waals surface area contributed by atoms with Crippen molar-refractivity contribution >= 4 is 23.9 Å². The SMILES string of the molecule is CC.CCNC(=O)Nc1ccc(-c2nc3c(c(N4CCOCC4)n2)CCN(C=O)C3)cc1. The zero-order valence-electron chi connectivity index (χ0n) is 19.1. The highest BCUT2D eigenvalue weighted by atomic mass is 16.5. The summed E-state index contributed by atoms with van der Waals surface area (Å²) in [6, 6.07) is 7.22. The maximum Gasteiger partial charge on any atom is 0.319 e. The third kappa shape index (κ3) is 5.53. The van der Waals surface area contributed by atoms with Crippen molar-refractivity contribution in [1.29, 1.82) is 0 Å². The summed E-state index contributed by atoms with van der Waals surface area (Å²) in [5.41, 5.74) is 3.57. The first-order valence-electron chi connectivity index (χ1n) is 11.2. The summed E-state index contributed by atoms with van der Waals surface area (Å²) in [6.45, 7) is 10.5. The van der Waals surface area contributed by atoms with E-state index >= 15 is 0 Å². The van der Waals surface area contributed by atoms with Gasteiger partial charge in [-0.05, 0) is 37.6 Å². The van der Waals surface area contributed by atoms with Gasteiger partial charge in [-0.3, -0.25) is 4.79 Å². The molecule has 0 radical (unpaired) electrons. The minimum atomic E-state index is -0.237. The summed E-state index contributed by atoms with van der Waals surface area (Å²) in [7, 11) is 0. The van der Waals surface area contributed by atoms with Crippen LogP contribution in [0.1, 0.15) is 32.0 Å². The number of aromatic nitrogens is 2. The normalized spacial score (nSPS) is 15.2. The van der Waals surface area contributed by atoms with E-state index in [4.69, 9.17) is 14.7 Å². The van der Waals surface area contributed by atoms with Gasteiger partial charge in [0.15, 0.2) is 5.82 Å². The van der Waals surface area contributed by atoms with Gasteiger partial charge in [-0.15, -0.1) is 0 Å². The monoisotopic (exact) mass is 440 g/mol. The van der Waals surface area contributed by atoms with Gasteiger partial charge in [0, 0.05) is 43.0 Å². The second-order valence-corrected chi connectivity index (χ2v) is 7.28. The van der Waals surface area contributed by atoms with E-state index in [1.165, 1.54) is 0 Å². The highest BCUT2D eigenvalue weighted by Crippen LogP contribution is 2.30. The van der Waals surface area contributed by atoms with Crippen LogP contribution in [-0.4, -0.2) is 66.7 Å². The first kappa shape index (κ1) is 23.5. The number of anilines is 2. The van der Waals surface area contributed by atoms with E-state index in [2.05, 4.69) is 15.5 Å². The third-order valence-corrected chi connectivity index (χ3v) is 5.27. The van der Waals surface area contributed by atoms with Gasteiger partial charge in [-0.25, -0.2) is 14.8 Å². The predicted octanol–water partition coefficient (Wildman–Crippen LogP) is 2.66. The summed E-state index contributed by atoms with van der Waals surface area (Å²) in [6.07, 6.45) is 1.62. The van der Waals surface area contributed by atoms with Gasteiger partial charge < -0.3 is 25.2 Å². The zero-order valence-corrected chi connectivity index (χ0v) is 19.1. The molecule has 1 aromatic carbocycles. The van der Waals surface area contributed by atoms with E-state index in [0.29, 0.717) is 44.4 Å². The molecular formula is C23H32N6O3. The largest absolute Gasteiger partial charge is 0.378 e. The average molecular weight is 441 g/mol. The molecule has 0 saturated carbocycles. The number of hydrogen-bond acceptors (Lipinski definition) is 6. The number of carbonyl (C=O) groups is 2. The van der Waals surface area contributed by atoms with Crippen LogP contribution >= 0.6 is 0 Å². The van der Waals surface area contributed by atoms with Crippen molar-refractivity contribution in [3.63, 3.8) is 0 Å². The van der Waals surface area contributed by atoms with Crippen LogP contribution in [0.15, 0.2) is 24.3 Å². The molecule has 9 nitrogen and oxygen atoms in total. The number of nitrogens with one attached hydrogen (secondary N) is 2. The van der Waals surface area contributed by atoms with E-state index < -0.39 is 0 Å². The number of urea groups is 1. The van der Waals surface area contributed by atoms with Gasteiger partial charge in [0.2, 0.25) is 6.41 Å². The van der Waals surface area contributed by atoms with Crippen LogP contribution < -0.4 is 15.5 Å². The van der Waals surface area contributed by atoms with Crippen LogP contribution in [0.2, 0.25) is 0 Å². The molecule has 3 heterocycles. The molecule has 1 fully saturated rings. The van der Waals surface area contributed by atoms with E-state index in [-0.39, 0.29) is 6.03 Å². The van der Waals surface area contributed by atoms with Crippen molar-refractivity contribution in [1.82, 2.24) is 20.2 Å². The Kier molecular flexibility index (Phi) is 8.38. The molecule has 0 bridgehead atoms. The lowest BCUT2D eigenvalue weighted by atomic mass is 10.0. The van der Waals surface area contributed by atoms with Crippen LogP contribution in [0.5, 0.6) is 0 Å². The number of nitrogens with zero attached hydrogens (tertiary/aromatic N) is 4. The second kappa shape index (κ2) is 11.4. The van der Waals surface area contributed by atoms with Crippen LogP contribution in [0.4, 0.5) is 16.3 Å². The number of hydrogen-bond donors (Lipinski definition) is 2. The topological polar surface area (TPSA) is 99.7 Å². The Labute approximate surface area is 189 Å². The fourth-order valence-corrected chi connectivity index (χ4v) is 3.73. The van der Waals surface area contributed by atoms with Crippen molar-refractivity contribution in [2.45, 2.75) is 33.7 Å². The number of rotatable bonds is 5. The van der Waals surface area contributed by atoms with Crippen molar-refractivity contribution in [3.05, 3.63) is 35.5 Å². The molecule has 172 valence electrons. The summed E-state index contributed by atoms with van der Waals surface area (Å²) in [5, 5.41) is 5.49. The Morgan fingerprint density at radius 1 is 1.12 bits per heavy atom. The summed E-state index contributed by atoms with van der Waals surface area (Å²) < 4.78 is 5.50. The Morgan fingerprint density at radius 2 is 1.84 bits per heavy atom. The van der Waals surface area contributed by atoms with Crippen molar-refractivity contribution in [2.24, 2.45) is 0 Å². The molecule has 1 aromatic heterocycles. The molecule has 32 heavy (non-hydrogen) atoms. The van der Waals surface area contributed by atoms with Gasteiger partial charge >= 0.3 is 6.03 Å². The fraction of sp³-hybridized carbons (Fsp3) is 0.478. The third-order valence-electron chi connectivity index (χ3n) is 5.27. The molecular weight excluding hydrogens is 408 g/mol. The van der Waals surface area contributed by atoms with E-state index in [0.717, 1.165) is 48.6 Å². The first-order chi connectivity index (χ1) is 15.7. The predicted molar refractivity (Wildman–Crippen MR) is 125 cm³/mol. The van der Waals surface area contributed by atoms with E-state index in [9.17, 15) is 9.59 Å². The van der Waals surface area contributed by atoms with Crippen LogP contribution in [-0.2, 0) is 22.5 Å². The minimum Gasteiger partial charge on any atom is -0.378 e. The van der Waals surface area contributed by atoms with Crippen molar-refractivity contribution < 1.29 is 14.3 Å². The highest BCUT2D eigenvalue weighted by molar-refractivity contribution is 5.89. The lowest BCUT2D eigenvalue weighted by Crippen LogP contribution is -2.39. The van der Waals surface area contributed by atoms with Crippen LogP contribution in [0.25, 0.3) is 11.4 Å². The molecule has 2 N–H and O–H groups in total. The van der Waals surface area contributed by atoms with Crippen molar-refractivity contribution in [2.75, 3.05) is 49.6 Å². The molecule has 2 aliphatic heterocycles. The van der Waals surface area contributed by atoms with Gasteiger partial charge in [0.05, 0.1) is 25.5 Å². The molecule has 2 aliphatic rings. The molecule has 2 aromatic rings. The maximum atomic E-state index is 11.7. The summed E-state index contributed by atoms with van der Waals surface area (Å²) in [4.78, 5) is 36.7. The van der Waals surface area contributed by atoms with Gasteiger partial charge in [-0.2, -0.15) is 0 Å². The van der Waals surface area contributed by atoms with Gasteiger partial charge in [-0.1, -0.05) is 13.8 Å². The minimum absolute atomic E-state index is 0.237. The Bertz CT molecular complexity index is 913. The molecule has 3 amide bonds. The zero-order chi connectivity index (χ0) is 22.9. The van der Waals surface area contributed by atoms with Crippen LogP contribution in [0.3, 0.4) is 0 Å². The molecule has 4 rings (SSSR count). The van der Waals surface area contributed by atoms with Gasteiger partial charge in [0.25, 0.3) is 0 Å². The van der Waals surface area contributed by atoms with Crippen molar-refractivity contribution in [3.8, 4) is 11.4 Å². The Balaban J connectivity index is 0.00000141. The number of fused-ring (bicyclic) bond motifs is 1. The molecule has 1 saturated heterocycles. The first-order valence-corrected chi connectivity index (χ1v) is 11.2. The molecule has 0 unspecified atom stereocenters. The molecule has 0 atom stereocenters. The summed E-state index contributed by atoms with van der Waals surface area (Å²) >= 11 is 0. The number of morpholine rings is 1. The quantitative estimate of drug-likeness (QED) is 0.694. The van der Waals surface area contributed by atoms with E-state index in [1.54, 1.807) is 4.90 Å². The lowest BCUT2D eigenvalue weighted by Gasteiger charge is -2.33. The standard InChI is InChI=1S/C21H26N6O3.C2H6/c1-2-22-21(29)23-16-5-3-15(4-6-16)19-24-18-13-26(14-28)8-7-17(18)20(25-19)27-9-11-30-12-10-27;1-2/h3-6,14H,2,7-13H2,1H3,(H2,22,23,29);1-2H3. The van der Waals surface area contributed by atoms with Gasteiger partial charge in [0.1, 0.15) is 5.82 Å². The molecule has 0 spiro atoms. The number of carbonyl (C=O) groups excluding carboxylic acids is 2. The number of amides is 3. The van der Waals surface area contributed by atoms with E-state index in [1.807, 2.05) is 45.0 Å². The maximum absolute atomic E-state index is 11.7. The number of benzene rings is 1. The molecule has 0 aliphatic carbocycles.